The van der Waals surface area contributed by atoms with Crippen molar-refractivity contribution >= 4 is 28.2 Å². The SMILES string of the molecule is c1ccc(-c2ccccc2-c2ccc(N(c3ccc(-c4ccc5c(c4)C4(c6ccccc6-c6ccccc64)c4ccccc4-5)cc3)c3ccc(-c4ccc5c(c4)C4(c6ccccc6-c6ccccc64)c4ccccc4-5)cc3)cc2)c(-c2ccc(-c3nc4ccccc4o3)cc2)c1. The number of hydrogen-bond acceptors (Lipinski definition) is 3. The fraction of sp³-hybridized carbons (Fsp3) is 0.0215. The number of fused-ring (bicyclic) bond motifs is 21. The minimum Gasteiger partial charge on any atom is -0.436 e. The van der Waals surface area contributed by atoms with Gasteiger partial charge in [-0.15, -0.1) is 0 Å². The maximum Gasteiger partial charge on any atom is 0.227 e. The van der Waals surface area contributed by atoms with Gasteiger partial charge >= 0.3 is 0 Å². The van der Waals surface area contributed by atoms with E-state index in [1.54, 1.807) is 0 Å². The molecule has 20 rings (SSSR count). The average molecular weight is 1220 g/mol. The van der Waals surface area contributed by atoms with Crippen LogP contribution in [0.1, 0.15) is 44.5 Å². The maximum absolute atomic E-state index is 6.16. The molecule has 96 heavy (non-hydrogen) atoms. The first-order valence-electron chi connectivity index (χ1n) is 33.2. The van der Waals surface area contributed by atoms with Gasteiger partial charge in [0.25, 0.3) is 0 Å². The molecule has 0 bridgehead atoms. The molecular formula is C93H58N2O. The molecule has 2 spiro atoms. The third kappa shape index (κ3) is 7.80. The van der Waals surface area contributed by atoms with Crippen LogP contribution in [0.5, 0.6) is 0 Å². The number of para-hydroxylation sites is 2. The van der Waals surface area contributed by atoms with Crippen molar-refractivity contribution in [1.29, 1.82) is 0 Å². The van der Waals surface area contributed by atoms with Gasteiger partial charge in [0.2, 0.25) is 5.89 Å². The summed E-state index contributed by atoms with van der Waals surface area (Å²) >= 11 is 0. The van der Waals surface area contributed by atoms with Gasteiger partial charge in [-0.05, 0) is 217 Å². The molecule has 0 unspecified atom stereocenters. The van der Waals surface area contributed by atoms with E-state index in [0.29, 0.717) is 5.89 Å². The van der Waals surface area contributed by atoms with Crippen LogP contribution < -0.4 is 4.90 Å². The van der Waals surface area contributed by atoms with Crippen molar-refractivity contribution in [1.82, 2.24) is 4.98 Å². The highest BCUT2D eigenvalue weighted by Crippen LogP contribution is 2.65. The quantitative estimate of drug-likeness (QED) is 0.144. The molecule has 0 fully saturated rings. The lowest BCUT2D eigenvalue weighted by molar-refractivity contribution is 0.620. The van der Waals surface area contributed by atoms with E-state index >= 15 is 0 Å². The van der Waals surface area contributed by atoms with E-state index in [9.17, 15) is 0 Å². The van der Waals surface area contributed by atoms with Crippen LogP contribution >= 0.6 is 0 Å². The highest BCUT2D eigenvalue weighted by Gasteiger charge is 2.53. The molecule has 0 radical (unpaired) electrons. The minimum atomic E-state index is -0.421. The molecule has 0 amide bonds. The van der Waals surface area contributed by atoms with Gasteiger partial charge in [-0.2, -0.15) is 0 Å². The second-order valence-electron chi connectivity index (χ2n) is 25.9. The van der Waals surface area contributed by atoms with Gasteiger partial charge in [-0.1, -0.05) is 279 Å². The van der Waals surface area contributed by atoms with Gasteiger partial charge < -0.3 is 9.32 Å². The zero-order valence-corrected chi connectivity index (χ0v) is 52.3. The van der Waals surface area contributed by atoms with Gasteiger partial charge in [-0.3, -0.25) is 0 Å². The van der Waals surface area contributed by atoms with E-state index in [1.165, 1.54) is 100 Å². The van der Waals surface area contributed by atoms with Crippen LogP contribution in [0.25, 0.3) is 123 Å². The van der Waals surface area contributed by atoms with E-state index < -0.39 is 10.8 Å². The van der Waals surface area contributed by atoms with Crippen molar-refractivity contribution in [3.63, 3.8) is 0 Å². The van der Waals surface area contributed by atoms with Crippen LogP contribution in [0.3, 0.4) is 0 Å². The molecule has 446 valence electrons. The summed E-state index contributed by atoms with van der Waals surface area (Å²) in [6.45, 7) is 0. The molecule has 16 aromatic rings. The Morgan fingerprint density at radius 3 is 0.844 bits per heavy atom. The lowest BCUT2D eigenvalue weighted by Gasteiger charge is -2.30. The van der Waals surface area contributed by atoms with E-state index in [2.05, 4.69) is 332 Å². The van der Waals surface area contributed by atoms with Crippen LogP contribution in [-0.2, 0) is 10.8 Å². The summed E-state index contributed by atoms with van der Waals surface area (Å²) in [6.07, 6.45) is 0. The van der Waals surface area contributed by atoms with Crippen LogP contribution in [-0.4, -0.2) is 4.98 Å². The van der Waals surface area contributed by atoms with E-state index in [0.717, 1.165) is 78.2 Å². The van der Waals surface area contributed by atoms with Crippen molar-refractivity contribution in [3.8, 4) is 112 Å². The first kappa shape index (κ1) is 54.2. The largest absolute Gasteiger partial charge is 0.436 e. The predicted molar refractivity (Wildman–Crippen MR) is 394 cm³/mol. The maximum atomic E-state index is 6.16. The van der Waals surface area contributed by atoms with Gasteiger partial charge in [-0.25, -0.2) is 4.98 Å². The van der Waals surface area contributed by atoms with E-state index in [-0.39, 0.29) is 0 Å². The average Bonchev–Trinajstić information content (AvgIpc) is 1.52. The van der Waals surface area contributed by atoms with Crippen molar-refractivity contribution < 1.29 is 4.42 Å². The Labute approximate surface area is 557 Å². The Kier molecular flexibility index (Phi) is 11.9. The molecule has 0 aliphatic heterocycles. The van der Waals surface area contributed by atoms with Crippen LogP contribution in [0.2, 0.25) is 0 Å². The molecular weight excluding hydrogens is 1160 g/mol. The van der Waals surface area contributed by atoms with Crippen molar-refractivity contribution in [2.75, 3.05) is 4.90 Å². The monoisotopic (exact) mass is 1220 g/mol. The number of nitrogens with zero attached hydrogens (tertiary/aromatic N) is 2. The van der Waals surface area contributed by atoms with Crippen LogP contribution in [0.15, 0.2) is 356 Å². The molecule has 0 saturated heterocycles. The minimum absolute atomic E-state index is 0.421. The summed E-state index contributed by atoms with van der Waals surface area (Å²) in [7, 11) is 0. The molecule has 4 aliphatic rings. The lowest BCUT2D eigenvalue weighted by atomic mass is 9.70. The first-order chi connectivity index (χ1) is 47.6. The number of hydrogen-bond donors (Lipinski definition) is 0. The smallest absolute Gasteiger partial charge is 0.227 e. The fourth-order valence-corrected chi connectivity index (χ4v) is 17.1. The van der Waals surface area contributed by atoms with Crippen LogP contribution in [0.4, 0.5) is 17.1 Å². The van der Waals surface area contributed by atoms with E-state index in [1.807, 2.05) is 24.3 Å². The Hall–Kier alpha value is -12.4. The Balaban J connectivity index is 0.683. The Morgan fingerprint density at radius 1 is 0.208 bits per heavy atom. The van der Waals surface area contributed by atoms with Gasteiger partial charge in [0, 0.05) is 22.6 Å². The molecule has 1 aromatic heterocycles. The molecule has 3 nitrogen and oxygen atoms in total. The Bertz CT molecular complexity index is 5440. The summed E-state index contributed by atoms with van der Waals surface area (Å²) in [5.74, 6) is 0.618. The third-order valence-corrected chi connectivity index (χ3v) is 21.2. The first-order valence-corrected chi connectivity index (χ1v) is 33.2. The van der Waals surface area contributed by atoms with Crippen molar-refractivity contribution in [2.24, 2.45) is 0 Å². The number of rotatable bonds is 9. The summed E-state index contributed by atoms with van der Waals surface area (Å²) in [6, 6.07) is 130. The predicted octanol–water partition coefficient (Wildman–Crippen LogP) is 24.0. The summed E-state index contributed by atoms with van der Waals surface area (Å²) in [5.41, 5.74) is 37.7. The molecule has 4 aliphatic carbocycles. The summed E-state index contributed by atoms with van der Waals surface area (Å²) in [5, 5.41) is 0. The van der Waals surface area contributed by atoms with Crippen LogP contribution in [0, 0.1) is 0 Å². The molecule has 3 heteroatoms. The summed E-state index contributed by atoms with van der Waals surface area (Å²) in [4.78, 5) is 7.19. The summed E-state index contributed by atoms with van der Waals surface area (Å²) < 4.78 is 6.16. The van der Waals surface area contributed by atoms with Gasteiger partial charge in [0.05, 0.1) is 10.8 Å². The van der Waals surface area contributed by atoms with Gasteiger partial charge in [0.15, 0.2) is 5.58 Å². The second-order valence-corrected chi connectivity index (χ2v) is 25.9. The number of anilines is 3. The highest BCUT2D eigenvalue weighted by atomic mass is 16.3. The fourth-order valence-electron chi connectivity index (χ4n) is 17.1. The van der Waals surface area contributed by atoms with Crippen molar-refractivity contribution in [3.05, 3.63) is 396 Å². The lowest BCUT2D eigenvalue weighted by Crippen LogP contribution is -2.25. The second kappa shape index (κ2) is 21.0. The zero-order chi connectivity index (χ0) is 63.1. The molecule has 0 N–H and O–H groups in total. The zero-order valence-electron chi connectivity index (χ0n) is 52.3. The van der Waals surface area contributed by atoms with E-state index in [4.69, 9.17) is 9.40 Å². The molecule has 15 aromatic carbocycles. The molecule has 0 atom stereocenters. The topological polar surface area (TPSA) is 29.3 Å². The number of oxazole rings is 1. The highest BCUT2D eigenvalue weighted by molar-refractivity contribution is 5.99. The van der Waals surface area contributed by atoms with Gasteiger partial charge in [0.1, 0.15) is 5.52 Å². The molecule has 0 saturated carbocycles. The standard InChI is InChI=1S/C93H58N2O/c1-3-21-71(69(19-1)61-37-39-63(40-38-61)91-94-89-35-17-18-36-90(89)96-91)72-22-4-2-20-70(72)62-45-53-68(54-46-62)95(66-49-41-59(42-50-66)64-47-55-79-77-27-9-15-33-85(77)92(87(79)57-64)81-29-11-5-23-73(81)74-24-6-12-30-82(74)92)67-51-43-60(44-52-67)65-48-56-80-78-28-10-16-34-86(78)93(88(80)58-65)83-31-13-7-25-75(83)76-26-8-14-32-84(76)93/h1-58H. The normalized spacial score (nSPS) is 13.4. The van der Waals surface area contributed by atoms with Crippen molar-refractivity contribution in [2.45, 2.75) is 10.8 Å². The Morgan fingerprint density at radius 2 is 0.479 bits per heavy atom. The number of benzene rings is 15. The molecule has 1 heterocycles. The number of aromatic nitrogens is 1. The third-order valence-electron chi connectivity index (χ3n) is 21.2.